The van der Waals surface area contributed by atoms with Gasteiger partial charge in [0, 0.05) is 10.3 Å². The van der Waals surface area contributed by atoms with E-state index in [4.69, 9.17) is 0 Å². The molecule has 0 fully saturated rings. The summed E-state index contributed by atoms with van der Waals surface area (Å²) < 4.78 is 0.520. The third-order valence-corrected chi connectivity index (χ3v) is 5.41. The molecule has 21 heavy (non-hydrogen) atoms. The number of nitrogens with zero attached hydrogens (tertiary/aromatic N) is 1. The standard InChI is InChI=1S/C16H21BrN2OS/c1-15(2,3)10-8-7-9(21-10)13-18-12(16(4,5)6)11(17)14(20)19-13/h7-8H,1-6H3,(H,18,19,20). The molecule has 1 N–H and O–H groups in total. The number of rotatable bonds is 1. The zero-order valence-corrected chi connectivity index (χ0v) is 15.7. The summed E-state index contributed by atoms with van der Waals surface area (Å²) in [5.74, 6) is 0.647. The number of nitrogens with one attached hydrogen (secondary N) is 1. The van der Waals surface area contributed by atoms with Gasteiger partial charge in [-0.2, -0.15) is 0 Å². The highest BCUT2D eigenvalue weighted by molar-refractivity contribution is 9.10. The first kappa shape index (κ1) is 16.4. The number of aromatic nitrogens is 2. The van der Waals surface area contributed by atoms with Gasteiger partial charge >= 0.3 is 0 Å². The molecule has 114 valence electrons. The fourth-order valence-corrected chi connectivity index (χ4v) is 3.73. The maximum Gasteiger partial charge on any atom is 0.265 e. The number of hydrogen-bond donors (Lipinski definition) is 1. The van der Waals surface area contributed by atoms with E-state index in [0.29, 0.717) is 10.3 Å². The Morgan fingerprint density at radius 2 is 1.71 bits per heavy atom. The molecule has 0 spiro atoms. The lowest BCUT2D eigenvalue weighted by atomic mass is 9.92. The van der Waals surface area contributed by atoms with Crippen molar-refractivity contribution in [3.63, 3.8) is 0 Å². The minimum absolute atomic E-state index is 0.103. The molecule has 0 saturated carbocycles. The fraction of sp³-hybridized carbons (Fsp3) is 0.500. The van der Waals surface area contributed by atoms with Crippen molar-refractivity contribution in [1.29, 1.82) is 0 Å². The van der Waals surface area contributed by atoms with Crippen LogP contribution in [0.4, 0.5) is 0 Å². The molecule has 0 bridgehead atoms. The first-order valence-corrected chi connectivity index (χ1v) is 8.52. The first-order chi connectivity index (χ1) is 9.50. The van der Waals surface area contributed by atoms with Gasteiger partial charge in [0.15, 0.2) is 5.82 Å². The highest BCUT2D eigenvalue weighted by Crippen LogP contribution is 2.34. The molecule has 3 nitrogen and oxygen atoms in total. The van der Waals surface area contributed by atoms with E-state index in [1.165, 1.54) is 4.88 Å². The summed E-state index contributed by atoms with van der Waals surface area (Å²) >= 11 is 5.04. The first-order valence-electron chi connectivity index (χ1n) is 6.91. The van der Waals surface area contributed by atoms with Crippen LogP contribution in [0.2, 0.25) is 0 Å². The Hall–Kier alpha value is -0.940. The van der Waals surface area contributed by atoms with Crippen LogP contribution >= 0.6 is 27.3 Å². The van der Waals surface area contributed by atoms with Crippen LogP contribution in [0.1, 0.15) is 52.1 Å². The quantitative estimate of drug-likeness (QED) is 0.781. The summed E-state index contributed by atoms with van der Waals surface area (Å²) in [4.78, 5) is 22.0. The van der Waals surface area contributed by atoms with Crippen molar-refractivity contribution in [2.24, 2.45) is 0 Å². The van der Waals surface area contributed by atoms with E-state index in [-0.39, 0.29) is 16.4 Å². The van der Waals surface area contributed by atoms with Crippen LogP contribution in [0.25, 0.3) is 10.7 Å². The van der Waals surface area contributed by atoms with Gasteiger partial charge < -0.3 is 4.98 Å². The van der Waals surface area contributed by atoms with Gasteiger partial charge in [-0.15, -0.1) is 11.3 Å². The van der Waals surface area contributed by atoms with E-state index < -0.39 is 0 Å². The predicted molar refractivity (Wildman–Crippen MR) is 93.3 cm³/mol. The van der Waals surface area contributed by atoms with Gasteiger partial charge in [0.05, 0.1) is 10.6 Å². The number of aromatic amines is 1. The van der Waals surface area contributed by atoms with Crippen LogP contribution < -0.4 is 5.56 Å². The van der Waals surface area contributed by atoms with Crippen LogP contribution in [0.15, 0.2) is 21.4 Å². The summed E-state index contributed by atoms with van der Waals surface area (Å²) in [6.07, 6.45) is 0. The molecular formula is C16H21BrN2OS. The SMILES string of the molecule is CC(C)(C)c1ccc(-c2nc(C(C)(C)C)c(Br)c(=O)[nH]2)s1. The van der Waals surface area contributed by atoms with Crippen LogP contribution in [0.5, 0.6) is 0 Å². The van der Waals surface area contributed by atoms with E-state index in [1.807, 2.05) is 6.07 Å². The largest absolute Gasteiger partial charge is 0.305 e. The molecule has 0 radical (unpaired) electrons. The number of H-pyrrole nitrogens is 1. The Bertz CT molecular complexity index is 717. The second-order valence-corrected chi connectivity index (χ2v) is 9.12. The Balaban J connectivity index is 2.58. The van der Waals surface area contributed by atoms with E-state index in [1.54, 1.807) is 11.3 Å². The van der Waals surface area contributed by atoms with Crippen molar-refractivity contribution in [3.8, 4) is 10.7 Å². The van der Waals surface area contributed by atoms with Crippen LogP contribution in [0.3, 0.4) is 0 Å². The zero-order chi connectivity index (χ0) is 16.0. The zero-order valence-electron chi connectivity index (χ0n) is 13.3. The molecule has 2 aromatic rings. The predicted octanol–water partition coefficient (Wildman–Crippen LogP) is 4.86. The van der Waals surface area contributed by atoms with Crippen LogP contribution in [-0.4, -0.2) is 9.97 Å². The Morgan fingerprint density at radius 1 is 1.10 bits per heavy atom. The normalized spacial score (nSPS) is 12.7. The van der Waals surface area contributed by atoms with E-state index in [2.05, 4.69) is 73.5 Å². The second-order valence-electron chi connectivity index (χ2n) is 7.24. The van der Waals surface area contributed by atoms with Gasteiger partial charge in [-0.25, -0.2) is 4.98 Å². The van der Waals surface area contributed by atoms with Gasteiger partial charge in [-0.1, -0.05) is 41.5 Å². The molecule has 0 unspecified atom stereocenters. The minimum atomic E-state index is -0.189. The highest BCUT2D eigenvalue weighted by Gasteiger charge is 2.23. The van der Waals surface area contributed by atoms with Gasteiger partial charge in [0.25, 0.3) is 5.56 Å². The van der Waals surface area contributed by atoms with Crippen molar-refractivity contribution >= 4 is 27.3 Å². The summed E-state index contributed by atoms with van der Waals surface area (Å²) in [6.45, 7) is 12.7. The van der Waals surface area contributed by atoms with Gasteiger partial charge in [-0.3, -0.25) is 4.79 Å². The lowest BCUT2D eigenvalue weighted by molar-refractivity contribution is 0.562. The Morgan fingerprint density at radius 3 is 2.19 bits per heavy atom. The van der Waals surface area contributed by atoms with Crippen molar-refractivity contribution in [2.75, 3.05) is 0 Å². The van der Waals surface area contributed by atoms with Gasteiger partial charge in [0.1, 0.15) is 4.47 Å². The molecule has 0 aliphatic rings. The van der Waals surface area contributed by atoms with Crippen LogP contribution in [-0.2, 0) is 10.8 Å². The summed E-state index contributed by atoms with van der Waals surface area (Å²) in [5.41, 5.74) is 0.569. The maximum absolute atomic E-state index is 12.1. The number of hydrogen-bond acceptors (Lipinski definition) is 3. The molecule has 0 aliphatic heterocycles. The fourth-order valence-electron chi connectivity index (χ4n) is 1.94. The van der Waals surface area contributed by atoms with Crippen molar-refractivity contribution < 1.29 is 0 Å². The second kappa shape index (κ2) is 5.36. The Kier molecular flexibility index (Phi) is 4.19. The lowest BCUT2D eigenvalue weighted by Crippen LogP contribution is -2.22. The topological polar surface area (TPSA) is 45.8 Å². The summed E-state index contributed by atoms with van der Waals surface area (Å²) in [7, 11) is 0. The molecule has 2 aromatic heterocycles. The van der Waals surface area contributed by atoms with Crippen LogP contribution in [0, 0.1) is 0 Å². The lowest BCUT2D eigenvalue weighted by Gasteiger charge is -2.19. The average Bonchev–Trinajstić information content (AvgIpc) is 2.80. The van der Waals surface area contributed by atoms with E-state index in [0.717, 1.165) is 10.6 Å². The highest BCUT2D eigenvalue weighted by atomic mass is 79.9. The van der Waals surface area contributed by atoms with E-state index >= 15 is 0 Å². The number of thiophene rings is 1. The maximum atomic E-state index is 12.1. The molecule has 5 heteroatoms. The van der Waals surface area contributed by atoms with Gasteiger partial charge in [-0.05, 0) is 33.5 Å². The van der Waals surface area contributed by atoms with Crippen molar-refractivity contribution in [2.45, 2.75) is 52.4 Å². The molecule has 0 aromatic carbocycles. The van der Waals surface area contributed by atoms with E-state index in [9.17, 15) is 4.79 Å². The monoisotopic (exact) mass is 368 g/mol. The smallest absolute Gasteiger partial charge is 0.265 e. The molecule has 0 saturated heterocycles. The summed E-state index contributed by atoms with van der Waals surface area (Å²) in [6, 6.07) is 4.14. The molecule has 0 amide bonds. The van der Waals surface area contributed by atoms with Crippen molar-refractivity contribution in [3.05, 3.63) is 37.5 Å². The minimum Gasteiger partial charge on any atom is -0.305 e. The summed E-state index contributed by atoms with van der Waals surface area (Å²) in [5, 5.41) is 0. The van der Waals surface area contributed by atoms with Crippen molar-refractivity contribution in [1.82, 2.24) is 9.97 Å². The third kappa shape index (κ3) is 3.46. The molecular weight excluding hydrogens is 348 g/mol. The molecule has 0 atom stereocenters. The third-order valence-electron chi connectivity index (χ3n) is 3.15. The average molecular weight is 369 g/mol. The molecule has 2 heterocycles. The number of halogens is 1. The Labute approximate surface area is 138 Å². The van der Waals surface area contributed by atoms with Gasteiger partial charge in [0.2, 0.25) is 0 Å². The molecule has 0 aliphatic carbocycles. The molecule has 2 rings (SSSR count).